The number of unbranched alkanes of at least 4 members (excludes halogenated alkanes) is 3. The molecule has 0 amide bonds. The average Bonchev–Trinajstić information content (AvgIpc) is 2.86. The number of nitrogens with zero attached hydrogens (tertiary/aromatic N) is 1. The van der Waals surface area contributed by atoms with E-state index in [1.165, 1.54) is 0 Å². The molecule has 0 spiro atoms. The highest BCUT2D eigenvalue weighted by Crippen LogP contribution is 2.27. The van der Waals surface area contributed by atoms with Gasteiger partial charge in [0.1, 0.15) is 5.71 Å². The quantitative estimate of drug-likeness (QED) is 0.117. The second-order valence-electron chi connectivity index (χ2n) is 7.68. The van der Waals surface area contributed by atoms with Gasteiger partial charge in [-0.2, -0.15) is 0 Å². The molecule has 0 heterocycles. The fourth-order valence-corrected chi connectivity index (χ4v) is 4.10. The van der Waals surface area contributed by atoms with Gasteiger partial charge >= 0.3 is 0 Å². The van der Waals surface area contributed by atoms with Gasteiger partial charge in [0.05, 0.1) is 0 Å². The fraction of sp³-hybridized carbons (Fsp3) is 0.250. The fourth-order valence-electron chi connectivity index (χ4n) is 3.26. The van der Waals surface area contributed by atoms with Crippen LogP contribution in [0, 0.1) is 0 Å². The highest BCUT2D eigenvalue weighted by atomic mass is 32.2. The molecule has 0 N–H and O–H groups in total. The minimum atomic E-state index is -0.192. The molecule has 0 aliphatic heterocycles. The minimum absolute atomic E-state index is 0.157. The van der Waals surface area contributed by atoms with Crippen molar-refractivity contribution in [2.24, 2.45) is 5.16 Å². The van der Waals surface area contributed by atoms with E-state index in [9.17, 15) is 9.59 Å². The molecule has 0 radical (unpaired) electrons. The van der Waals surface area contributed by atoms with E-state index in [1.807, 2.05) is 48.5 Å². The maximum Gasteiger partial charge on any atom is 0.210 e. The van der Waals surface area contributed by atoms with Gasteiger partial charge in [0.15, 0.2) is 6.61 Å². The summed E-state index contributed by atoms with van der Waals surface area (Å²) < 4.78 is 0. The van der Waals surface area contributed by atoms with Crippen molar-refractivity contribution in [2.45, 2.75) is 48.8 Å². The van der Waals surface area contributed by atoms with E-state index >= 15 is 0 Å². The van der Waals surface area contributed by atoms with Crippen LogP contribution in [-0.4, -0.2) is 23.9 Å². The Labute approximate surface area is 200 Å². The summed E-state index contributed by atoms with van der Waals surface area (Å²) in [5.74, 6) is -0.325. The number of benzene rings is 3. The first-order valence-corrected chi connectivity index (χ1v) is 12.1. The number of carbonyl (C=O) groups excluding carboxylic acids is 2. The summed E-state index contributed by atoms with van der Waals surface area (Å²) in [5.41, 5.74) is 1.49. The van der Waals surface area contributed by atoms with Gasteiger partial charge < -0.3 is 4.84 Å². The highest BCUT2D eigenvalue weighted by Gasteiger charge is 2.16. The molecule has 0 aliphatic rings. The van der Waals surface area contributed by atoms with Crippen molar-refractivity contribution in [3.63, 3.8) is 0 Å². The smallest absolute Gasteiger partial charge is 0.210 e. The summed E-state index contributed by atoms with van der Waals surface area (Å²) >= 11 is 1.65. The first-order chi connectivity index (χ1) is 16.2. The number of carbonyl (C=O) groups is 2. The monoisotopic (exact) mass is 459 g/mol. The van der Waals surface area contributed by atoms with E-state index in [1.54, 1.807) is 36.0 Å². The van der Waals surface area contributed by atoms with E-state index in [0.29, 0.717) is 23.3 Å². The van der Waals surface area contributed by atoms with Crippen LogP contribution in [0.3, 0.4) is 0 Å². The van der Waals surface area contributed by atoms with Gasteiger partial charge in [-0.1, -0.05) is 91.6 Å². The molecule has 0 aromatic heterocycles. The van der Waals surface area contributed by atoms with Crippen LogP contribution in [0.1, 0.15) is 59.7 Å². The molecule has 3 aromatic rings. The third-order valence-electron chi connectivity index (χ3n) is 5.09. The van der Waals surface area contributed by atoms with Crippen molar-refractivity contribution in [1.82, 2.24) is 0 Å². The van der Waals surface area contributed by atoms with E-state index in [2.05, 4.69) is 24.2 Å². The minimum Gasteiger partial charge on any atom is -0.387 e. The van der Waals surface area contributed by atoms with Crippen molar-refractivity contribution in [3.8, 4) is 0 Å². The van der Waals surface area contributed by atoms with Crippen LogP contribution in [0.4, 0.5) is 0 Å². The third kappa shape index (κ3) is 8.03. The lowest BCUT2D eigenvalue weighted by Crippen LogP contribution is -2.16. The molecule has 4 nitrogen and oxygen atoms in total. The van der Waals surface area contributed by atoms with Crippen LogP contribution in [-0.2, 0) is 4.84 Å². The van der Waals surface area contributed by atoms with Gasteiger partial charge in [-0.05, 0) is 49.2 Å². The summed E-state index contributed by atoms with van der Waals surface area (Å²) in [6.45, 7) is 1.95. The summed E-state index contributed by atoms with van der Waals surface area (Å²) in [4.78, 5) is 32.9. The van der Waals surface area contributed by atoms with Crippen LogP contribution in [0.15, 0.2) is 99.9 Å². The number of hydrogen-bond acceptors (Lipinski definition) is 5. The normalized spacial score (nSPS) is 11.2. The number of Topliss-reactive ketones (excluding diaryl/α,β-unsaturated/α-hetero) is 2. The summed E-state index contributed by atoms with van der Waals surface area (Å²) in [5, 5.41) is 4.09. The van der Waals surface area contributed by atoms with E-state index in [-0.39, 0.29) is 18.2 Å². The van der Waals surface area contributed by atoms with Gasteiger partial charge in [0, 0.05) is 20.9 Å². The molecular formula is C28H29NO3S. The Morgan fingerprint density at radius 3 is 2.06 bits per heavy atom. The molecule has 170 valence electrons. The maximum absolute atomic E-state index is 13.1. The summed E-state index contributed by atoms with van der Waals surface area (Å²) in [6, 6.07) is 26.6. The zero-order chi connectivity index (χ0) is 23.3. The van der Waals surface area contributed by atoms with Crippen LogP contribution >= 0.6 is 11.8 Å². The zero-order valence-corrected chi connectivity index (χ0v) is 19.7. The van der Waals surface area contributed by atoms with E-state index in [0.717, 1.165) is 35.5 Å². The summed E-state index contributed by atoms with van der Waals surface area (Å²) in [7, 11) is 0. The molecular weight excluding hydrogens is 430 g/mol. The largest absolute Gasteiger partial charge is 0.387 e. The Bertz CT molecular complexity index is 1050. The van der Waals surface area contributed by atoms with Crippen LogP contribution in [0.2, 0.25) is 0 Å². The molecule has 0 saturated carbocycles. The summed E-state index contributed by atoms with van der Waals surface area (Å²) in [6.07, 6.45) is 4.64. The Hall–Kier alpha value is -3.18. The van der Waals surface area contributed by atoms with Crippen molar-refractivity contribution in [3.05, 3.63) is 96.1 Å². The number of rotatable bonds is 13. The SMILES string of the molecule is CCCCCCC(=NOCC(=O)c1ccccc1)C(=O)c1ccc(Sc2ccccc2)cc1. The molecule has 3 aromatic carbocycles. The lowest BCUT2D eigenvalue weighted by Gasteiger charge is -2.08. The van der Waals surface area contributed by atoms with Crippen molar-refractivity contribution >= 4 is 29.0 Å². The molecule has 33 heavy (non-hydrogen) atoms. The van der Waals surface area contributed by atoms with Crippen LogP contribution in [0.5, 0.6) is 0 Å². The molecule has 0 bridgehead atoms. The standard InChI is InChI=1S/C28H29NO3S/c1-2-3-4-11-16-26(29-32-21-27(30)22-12-7-5-8-13-22)28(31)23-17-19-25(20-18-23)33-24-14-9-6-10-15-24/h5-10,12-15,17-20H,2-4,11,16,21H2,1H3. The first-order valence-electron chi connectivity index (χ1n) is 11.3. The van der Waals surface area contributed by atoms with Crippen molar-refractivity contribution in [1.29, 1.82) is 0 Å². The topological polar surface area (TPSA) is 55.7 Å². The molecule has 3 rings (SSSR count). The van der Waals surface area contributed by atoms with E-state index < -0.39 is 0 Å². The van der Waals surface area contributed by atoms with Gasteiger partial charge in [0.25, 0.3) is 0 Å². The lowest BCUT2D eigenvalue weighted by atomic mass is 10.0. The predicted octanol–water partition coefficient (Wildman–Crippen LogP) is 7.25. The van der Waals surface area contributed by atoms with Gasteiger partial charge in [0.2, 0.25) is 11.6 Å². The van der Waals surface area contributed by atoms with Gasteiger partial charge in [-0.15, -0.1) is 0 Å². The predicted molar refractivity (Wildman–Crippen MR) is 134 cm³/mol. The molecule has 5 heteroatoms. The Balaban J connectivity index is 1.66. The Morgan fingerprint density at radius 2 is 1.39 bits per heavy atom. The lowest BCUT2D eigenvalue weighted by molar-refractivity contribution is 0.0768. The Morgan fingerprint density at radius 1 is 0.758 bits per heavy atom. The Kier molecular flexibility index (Phi) is 9.92. The number of hydrogen-bond donors (Lipinski definition) is 0. The second-order valence-corrected chi connectivity index (χ2v) is 8.83. The molecule has 0 atom stereocenters. The van der Waals surface area contributed by atoms with Gasteiger partial charge in [-0.25, -0.2) is 0 Å². The first kappa shape index (κ1) is 24.5. The molecule has 0 saturated heterocycles. The number of oxime groups is 1. The van der Waals surface area contributed by atoms with Crippen LogP contribution < -0.4 is 0 Å². The molecule has 0 aliphatic carbocycles. The van der Waals surface area contributed by atoms with Crippen LogP contribution in [0.25, 0.3) is 0 Å². The highest BCUT2D eigenvalue weighted by molar-refractivity contribution is 7.99. The molecule has 0 unspecified atom stereocenters. The third-order valence-corrected chi connectivity index (χ3v) is 6.11. The van der Waals surface area contributed by atoms with E-state index in [4.69, 9.17) is 4.84 Å². The maximum atomic E-state index is 13.1. The zero-order valence-electron chi connectivity index (χ0n) is 18.9. The van der Waals surface area contributed by atoms with Gasteiger partial charge in [-0.3, -0.25) is 9.59 Å². The second kappa shape index (κ2) is 13.4. The van der Waals surface area contributed by atoms with Crippen molar-refractivity contribution < 1.29 is 14.4 Å². The molecule has 0 fully saturated rings. The average molecular weight is 460 g/mol. The van der Waals surface area contributed by atoms with Crippen molar-refractivity contribution in [2.75, 3.05) is 6.61 Å². The number of ketones is 2.